The van der Waals surface area contributed by atoms with E-state index >= 15 is 0 Å². The van der Waals surface area contributed by atoms with E-state index in [0.717, 1.165) is 18.4 Å². The molecule has 1 aromatic rings. The van der Waals surface area contributed by atoms with E-state index in [1.165, 1.54) is 0 Å². The smallest absolute Gasteiger partial charge is 0.251 e. The molecule has 1 amide bonds. The lowest BCUT2D eigenvalue weighted by atomic mass is 10.1. The topological polar surface area (TPSA) is 29.1 Å². The summed E-state index contributed by atoms with van der Waals surface area (Å²) in [6.45, 7) is 4.72. The summed E-state index contributed by atoms with van der Waals surface area (Å²) in [5, 5.41) is 3.49. The van der Waals surface area contributed by atoms with Crippen molar-refractivity contribution < 1.29 is 4.79 Å². The molecule has 4 heteroatoms. The van der Waals surface area contributed by atoms with Crippen LogP contribution in [0.1, 0.15) is 35.7 Å². The first-order valence-corrected chi connectivity index (χ1v) is 6.98. The predicted molar refractivity (Wildman–Crippen MR) is 76.1 cm³/mol. The van der Waals surface area contributed by atoms with E-state index < -0.39 is 0 Å². The van der Waals surface area contributed by atoms with Crippen molar-refractivity contribution in [2.24, 2.45) is 0 Å². The Balaban J connectivity index is 2.47. The van der Waals surface area contributed by atoms with Gasteiger partial charge in [-0.05, 0) is 43.5 Å². The molecule has 0 aliphatic rings. The Labute approximate surface area is 116 Å². The summed E-state index contributed by atoms with van der Waals surface area (Å²) < 4.78 is 0. The van der Waals surface area contributed by atoms with Crippen LogP contribution in [0.4, 0.5) is 0 Å². The van der Waals surface area contributed by atoms with Crippen LogP contribution in [0.2, 0.25) is 5.02 Å². The van der Waals surface area contributed by atoms with E-state index in [1.807, 2.05) is 19.1 Å². The van der Waals surface area contributed by atoms with E-state index in [2.05, 4.69) is 28.2 Å². The number of carbonyl (C=O) groups is 1. The van der Waals surface area contributed by atoms with Gasteiger partial charge in [0.1, 0.15) is 0 Å². The van der Waals surface area contributed by atoms with E-state index in [1.54, 1.807) is 6.07 Å². The highest BCUT2D eigenvalue weighted by molar-refractivity contribution is 9.09. The zero-order valence-corrected chi connectivity index (χ0v) is 12.4. The van der Waals surface area contributed by atoms with Crippen molar-refractivity contribution in [2.75, 3.05) is 6.54 Å². The molecule has 1 atom stereocenters. The molecule has 0 fully saturated rings. The normalized spacial score (nSPS) is 12.2. The van der Waals surface area contributed by atoms with Crippen molar-refractivity contribution in [3.63, 3.8) is 0 Å². The van der Waals surface area contributed by atoms with Crippen LogP contribution in [0.3, 0.4) is 0 Å². The number of amides is 1. The summed E-state index contributed by atoms with van der Waals surface area (Å²) in [5.41, 5.74) is 1.62. The standard InChI is InChI=1S/C13H17BrClNO/c1-9-6-11(8-12(15)7-9)13(17)16-5-3-4-10(2)14/h6-8,10H,3-5H2,1-2H3,(H,16,17). The van der Waals surface area contributed by atoms with Gasteiger partial charge in [-0.3, -0.25) is 4.79 Å². The van der Waals surface area contributed by atoms with Crippen molar-refractivity contribution in [3.05, 3.63) is 34.3 Å². The van der Waals surface area contributed by atoms with Gasteiger partial charge in [0.15, 0.2) is 0 Å². The molecule has 1 aromatic carbocycles. The molecule has 0 heterocycles. The molecule has 1 rings (SSSR count). The zero-order valence-electron chi connectivity index (χ0n) is 10.1. The lowest BCUT2D eigenvalue weighted by Gasteiger charge is -2.07. The highest BCUT2D eigenvalue weighted by atomic mass is 79.9. The van der Waals surface area contributed by atoms with Crippen molar-refractivity contribution in [1.29, 1.82) is 0 Å². The molecule has 0 saturated carbocycles. The Morgan fingerprint density at radius 1 is 1.47 bits per heavy atom. The third-order valence-corrected chi connectivity index (χ3v) is 3.04. The molecule has 0 aliphatic heterocycles. The summed E-state index contributed by atoms with van der Waals surface area (Å²) in [6.07, 6.45) is 2.02. The van der Waals surface area contributed by atoms with Crippen LogP contribution < -0.4 is 5.32 Å². The minimum atomic E-state index is -0.0576. The van der Waals surface area contributed by atoms with Gasteiger partial charge in [0, 0.05) is 22.0 Å². The number of rotatable bonds is 5. The number of benzene rings is 1. The fourth-order valence-corrected chi connectivity index (χ4v) is 2.17. The first-order chi connectivity index (χ1) is 7.99. The Hall–Kier alpha value is -0.540. The minimum Gasteiger partial charge on any atom is -0.352 e. The molecule has 0 bridgehead atoms. The first-order valence-electron chi connectivity index (χ1n) is 5.68. The fourth-order valence-electron chi connectivity index (χ4n) is 1.55. The van der Waals surface area contributed by atoms with E-state index in [9.17, 15) is 4.79 Å². The number of carbonyl (C=O) groups excluding carboxylic acids is 1. The number of hydrogen-bond donors (Lipinski definition) is 1. The minimum absolute atomic E-state index is 0.0576. The van der Waals surface area contributed by atoms with Crippen molar-refractivity contribution in [1.82, 2.24) is 5.32 Å². The Morgan fingerprint density at radius 2 is 2.18 bits per heavy atom. The molecule has 0 aromatic heterocycles. The van der Waals surface area contributed by atoms with Gasteiger partial charge in [-0.15, -0.1) is 0 Å². The van der Waals surface area contributed by atoms with Gasteiger partial charge in [-0.2, -0.15) is 0 Å². The van der Waals surface area contributed by atoms with Crippen molar-refractivity contribution in [2.45, 2.75) is 31.5 Å². The average Bonchev–Trinajstić information content (AvgIpc) is 2.22. The molecule has 0 radical (unpaired) electrons. The molecule has 0 spiro atoms. The molecule has 1 unspecified atom stereocenters. The summed E-state index contributed by atoms with van der Waals surface area (Å²) in [7, 11) is 0. The summed E-state index contributed by atoms with van der Waals surface area (Å²) in [4.78, 5) is 12.3. The lowest BCUT2D eigenvalue weighted by Crippen LogP contribution is -2.24. The van der Waals surface area contributed by atoms with Crippen LogP contribution >= 0.6 is 27.5 Å². The van der Waals surface area contributed by atoms with Gasteiger partial charge in [0.05, 0.1) is 0 Å². The number of aryl methyl sites for hydroxylation is 1. The monoisotopic (exact) mass is 317 g/mol. The van der Waals surface area contributed by atoms with Gasteiger partial charge in [0.25, 0.3) is 5.91 Å². The second-order valence-electron chi connectivity index (χ2n) is 4.20. The highest BCUT2D eigenvalue weighted by Gasteiger charge is 2.06. The van der Waals surface area contributed by atoms with Gasteiger partial charge < -0.3 is 5.32 Å². The predicted octanol–water partition coefficient (Wildman–Crippen LogP) is 3.94. The van der Waals surface area contributed by atoms with Crippen LogP contribution in [-0.2, 0) is 0 Å². The Kier molecular flexibility index (Phi) is 6.00. The Morgan fingerprint density at radius 3 is 2.76 bits per heavy atom. The number of hydrogen-bond acceptors (Lipinski definition) is 1. The molecule has 94 valence electrons. The summed E-state index contributed by atoms with van der Waals surface area (Å²) in [5.74, 6) is -0.0576. The third-order valence-electron chi connectivity index (χ3n) is 2.37. The SMILES string of the molecule is Cc1cc(Cl)cc(C(=O)NCCCC(C)Br)c1. The molecule has 1 N–H and O–H groups in total. The quantitative estimate of drug-likeness (QED) is 0.646. The maximum atomic E-state index is 11.8. The summed E-state index contributed by atoms with van der Waals surface area (Å²) in [6, 6.07) is 5.37. The van der Waals surface area contributed by atoms with Crippen LogP contribution in [0.15, 0.2) is 18.2 Å². The zero-order chi connectivity index (χ0) is 12.8. The highest BCUT2D eigenvalue weighted by Crippen LogP contribution is 2.14. The number of nitrogens with one attached hydrogen (secondary N) is 1. The van der Waals surface area contributed by atoms with Crippen LogP contribution in [0, 0.1) is 6.92 Å². The molecule has 0 aliphatic carbocycles. The number of halogens is 2. The largest absolute Gasteiger partial charge is 0.352 e. The van der Waals surface area contributed by atoms with Gasteiger partial charge >= 0.3 is 0 Å². The van der Waals surface area contributed by atoms with Gasteiger partial charge in [0.2, 0.25) is 0 Å². The second-order valence-corrected chi connectivity index (χ2v) is 6.20. The maximum absolute atomic E-state index is 11.8. The molecular weight excluding hydrogens is 302 g/mol. The molecule has 2 nitrogen and oxygen atoms in total. The number of alkyl halides is 1. The van der Waals surface area contributed by atoms with E-state index in [-0.39, 0.29) is 5.91 Å². The van der Waals surface area contributed by atoms with Crippen LogP contribution in [0.5, 0.6) is 0 Å². The van der Waals surface area contributed by atoms with Crippen LogP contribution in [0.25, 0.3) is 0 Å². The maximum Gasteiger partial charge on any atom is 0.251 e. The second kappa shape index (κ2) is 7.02. The lowest BCUT2D eigenvalue weighted by molar-refractivity contribution is 0.0953. The molecule has 17 heavy (non-hydrogen) atoms. The Bertz CT molecular complexity index is 373. The molecular formula is C13H17BrClNO. The van der Waals surface area contributed by atoms with Crippen LogP contribution in [-0.4, -0.2) is 17.3 Å². The van der Waals surface area contributed by atoms with E-state index in [4.69, 9.17) is 11.6 Å². The summed E-state index contributed by atoms with van der Waals surface area (Å²) >= 11 is 9.39. The fraction of sp³-hybridized carbons (Fsp3) is 0.462. The van der Waals surface area contributed by atoms with Crippen molar-refractivity contribution in [3.8, 4) is 0 Å². The first kappa shape index (κ1) is 14.5. The molecule has 0 saturated heterocycles. The van der Waals surface area contributed by atoms with Crippen molar-refractivity contribution >= 4 is 33.4 Å². The van der Waals surface area contributed by atoms with Gasteiger partial charge in [-0.1, -0.05) is 34.5 Å². The average molecular weight is 319 g/mol. The third kappa shape index (κ3) is 5.55. The van der Waals surface area contributed by atoms with E-state index in [0.29, 0.717) is 22.0 Å². The van der Waals surface area contributed by atoms with Gasteiger partial charge in [-0.25, -0.2) is 0 Å².